The van der Waals surface area contributed by atoms with Crippen molar-refractivity contribution >= 4 is 29.0 Å². The van der Waals surface area contributed by atoms with Gasteiger partial charge in [-0.3, -0.25) is 4.79 Å². The minimum absolute atomic E-state index is 0.000283. The van der Waals surface area contributed by atoms with Crippen LogP contribution in [-0.2, 0) is 25.8 Å². The second-order valence-corrected chi connectivity index (χ2v) is 7.21. The van der Waals surface area contributed by atoms with Gasteiger partial charge < -0.3 is 16.0 Å². The largest absolute Gasteiger partial charge is 0.416 e. The number of nitrogens with one attached hydrogen (secondary N) is 1. The number of nitrogens with two attached hydrogens (primary N) is 1. The fourth-order valence-electron chi connectivity index (χ4n) is 3.28. The minimum Gasteiger partial charge on any atom is -0.399 e. The van der Waals surface area contributed by atoms with E-state index in [1.165, 1.54) is 18.5 Å². The lowest BCUT2D eigenvalue weighted by molar-refractivity contribution is -0.137. The predicted octanol–water partition coefficient (Wildman–Crippen LogP) is 3.29. The zero-order valence-electron chi connectivity index (χ0n) is 15.8. The fraction of sp³-hybridized carbons (Fsp3) is 0.211. The average molecular weight is 450 g/mol. The van der Waals surface area contributed by atoms with Crippen LogP contribution in [0.25, 0.3) is 0 Å². The number of nitrogens with zero attached hydrogens (tertiary/aromatic N) is 5. The maximum absolute atomic E-state index is 13.0. The van der Waals surface area contributed by atoms with Crippen LogP contribution in [0.15, 0.2) is 36.7 Å². The van der Waals surface area contributed by atoms with Gasteiger partial charge in [-0.05, 0) is 41.4 Å². The lowest BCUT2D eigenvalue weighted by Gasteiger charge is -2.15. The summed E-state index contributed by atoms with van der Waals surface area (Å²) in [6.45, 7) is 0.445. The number of anilines is 2. The van der Waals surface area contributed by atoms with Gasteiger partial charge in [-0.25, -0.2) is 9.97 Å². The Morgan fingerprint density at radius 3 is 2.71 bits per heavy atom. The molecule has 1 amide bonds. The van der Waals surface area contributed by atoms with E-state index in [-0.39, 0.29) is 36.5 Å². The third-order valence-electron chi connectivity index (χ3n) is 4.68. The highest BCUT2D eigenvalue weighted by molar-refractivity contribution is 6.28. The maximum Gasteiger partial charge on any atom is 0.416 e. The van der Waals surface area contributed by atoms with Crippen LogP contribution in [0.3, 0.4) is 0 Å². The van der Waals surface area contributed by atoms with Crippen molar-refractivity contribution in [3.63, 3.8) is 0 Å². The molecule has 0 spiro atoms. The molecule has 1 aromatic carbocycles. The molecule has 0 atom stereocenters. The Morgan fingerprint density at radius 2 is 2.00 bits per heavy atom. The highest BCUT2D eigenvalue weighted by Crippen LogP contribution is 2.32. The molecule has 4 rings (SSSR count). The number of fused-ring (bicyclic) bond motifs is 1. The topological polar surface area (TPSA) is 110 Å². The van der Waals surface area contributed by atoms with E-state index in [9.17, 15) is 18.0 Å². The number of hydrogen-bond donors (Lipinski definition) is 2. The number of halogens is 4. The van der Waals surface area contributed by atoms with Crippen LogP contribution in [0.1, 0.15) is 32.7 Å². The van der Waals surface area contributed by atoms with Crippen LogP contribution in [0, 0.1) is 0 Å². The van der Waals surface area contributed by atoms with Gasteiger partial charge in [0, 0.05) is 17.8 Å². The first kappa shape index (κ1) is 20.8. The molecule has 0 fully saturated rings. The van der Waals surface area contributed by atoms with Gasteiger partial charge in [-0.2, -0.15) is 23.4 Å². The Morgan fingerprint density at radius 1 is 1.19 bits per heavy atom. The SMILES string of the molecule is Nc1cc(CNc2nc(Cl)nc3c2CN(C(=O)c2ccnnc2)C3)cc(C(F)(F)F)c1. The lowest BCUT2D eigenvalue weighted by Crippen LogP contribution is -2.25. The first-order valence-electron chi connectivity index (χ1n) is 9.02. The number of alkyl halides is 3. The number of amides is 1. The van der Waals surface area contributed by atoms with Gasteiger partial charge in [0.2, 0.25) is 5.28 Å². The van der Waals surface area contributed by atoms with E-state index in [2.05, 4.69) is 25.5 Å². The van der Waals surface area contributed by atoms with Gasteiger partial charge in [0.1, 0.15) is 5.82 Å². The molecule has 1 aliphatic rings. The Balaban J connectivity index is 1.55. The summed E-state index contributed by atoms with van der Waals surface area (Å²) in [5, 5.41) is 10.3. The van der Waals surface area contributed by atoms with Crippen molar-refractivity contribution in [1.29, 1.82) is 0 Å². The molecule has 31 heavy (non-hydrogen) atoms. The van der Waals surface area contributed by atoms with E-state index in [1.807, 2.05) is 0 Å². The maximum atomic E-state index is 13.0. The van der Waals surface area contributed by atoms with Crippen molar-refractivity contribution in [1.82, 2.24) is 25.1 Å². The van der Waals surface area contributed by atoms with E-state index < -0.39 is 11.7 Å². The molecule has 3 N–H and O–H groups in total. The molecule has 0 radical (unpaired) electrons. The van der Waals surface area contributed by atoms with Gasteiger partial charge in [-0.1, -0.05) is 0 Å². The lowest BCUT2D eigenvalue weighted by atomic mass is 10.1. The van der Waals surface area contributed by atoms with Crippen molar-refractivity contribution in [2.75, 3.05) is 11.1 Å². The summed E-state index contributed by atoms with van der Waals surface area (Å²) < 4.78 is 39.1. The number of benzene rings is 1. The van der Waals surface area contributed by atoms with Gasteiger partial charge >= 0.3 is 6.18 Å². The predicted molar refractivity (Wildman–Crippen MR) is 106 cm³/mol. The van der Waals surface area contributed by atoms with Crippen LogP contribution in [0.5, 0.6) is 0 Å². The molecule has 3 heterocycles. The minimum atomic E-state index is -4.51. The highest BCUT2D eigenvalue weighted by Gasteiger charge is 2.31. The summed E-state index contributed by atoms with van der Waals surface area (Å²) >= 11 is 6.01. The quantitative estimate of drug-likeness (QED) is 0.464. The summed E-state index contributed by atoms with van der Waals surface area (Å²) in [5.41, 5.74) is 6.67. The molecule has 12 heteroatoms. The molecular weight excluding hydrogens is 435 g/mol. The second kappa shape index (κ2) is 7.99. The van der Waals surface area contributed by atoms with Crippen LogP contribution >= 0.6 is 11.6 Å². The Labute approximate surface area is 179 Å². The van der Waals surface area contributed by atoms with E-state index in [4.69, 9.17) is 17.3 Å². The van der Waals surface area contributed by atoms with E-state index in [0.29, 0.717) is 28.2 Å². The number of nitrogen functional groups attached to an aromatic ring is 1. The zero-order chi connectivity index (χ0) is 22.2. The smallest absolute Gasteiger partial charge is 0.399 e. The molecule has 2 aromatic heterocycles. The first-order valence-corrected chi connectivity index (χ1v) is 9.40. The second-order valence-electron chi connectivity index (χ2n) is 6.87. The molecule has 0 bridgehead atoms. The number of hydrogen-bond acceptors (Lipinski definition) is 7. The van der Waals surface area contributed by atoms with Gasteiger partial charge in [0.15, 0.2) is 0 Å². The molecule has 8 nitrogen and oxygen atoms in total. The average Bonchev–Trinajstić information content (AvgIpc) is 3.15. The van der Waals surface area contributed by atoms with Crippen molar-refractivity contribution in [2.45, 2.75) is 25.8 Å². The van der Waals surface area contributed by atoms with Gasteiger partial charge in [-0.15, -0.1) is 0 Å². The Bertz CT molecular complexity index is 1140. The standard InChI is InChI=1S/C19H15ClF3N7O/c20-18-28-15-9-30(17(31)11-1-2-26-27-7-11)8-14(15)16(29-18)25-6-10-3-12(19(21,22)23)5-13(24)4-10/h1-5,7H,6,8-9,24H2,(H,25,28,29). The third kappa shape index (κ3) is 4.50. The summed E-state index contributed by atoms with van der Waals surface area (Å²) in [7, 11) is 0. The summed E-state index contributed by atoms with van der Waals surface area (Å²) in [5.74, 6) is 0.0785. The number of carbonyl (C=O) groups is 1. The normalized spacial score (nSPS) is 13.2. The number of rotatable bonds is 4. The molecular formula is C19H15ClF3N7O. The fourth-order valence-corrected chi connectivity index (χ4v) is 3.47. The summed E-state index contributed by atoms with van der Waals surface area (Å²) in [4.78, 5) is 22.6. The number of carbonyl (C=O) groups excluding carboxylic acids is 1. The van der Waals surface area contributed by atoms with E-state index in [0.717, 1.165) is 12.1 Å². The number of aromatic nitrogens is 4. The van der Waals surface area contributed by atoms with Crippen LogP contribution in [-0.4, -0.2) is 31.0 Å². The Kier molecular flexibility index (Phi) is 5.36. The molecule has 1 aliphatic heterocycles. The Hall–Kier alpha value is -3.47. The van der Waals surface area contributed by atoms with Gasteiger partial charge in [0.25, 0.3) is 5.91 Å². The molecule has 0 saturated heterocycles. The monoisotopic (exact) mass is 449 g/mol. The van der Waals surface area contributed by atoms with Gasteiger partial charge in [0.05, 0.1) is 42.3 Å². The van der Waals surface area contributed by atoms with E-state index in [1.54, 1.807) is 11.0 Å². The van der Waals surface area contributed by atoms with Crippen molar-refractivity contribution in [2.24, 2.45) is 0 Å². The van der Waals surface area contributed by atoms with Crippen LogP contribution in [0.2, 0.25) is 5.28 Å². The highest BCUT2D eigenvalue weighted by atomic mass is 35.5. The molecule has 0 aliphatic carbocycles. The molecule has 0 unspecified atom stereocenters. The summed E-state index contributed by atoms with van der Waals surface area (Å²) in [6.07, 6.45) is -1.73. The van der Waals surface area contributed by atoms with Crippen LogP contribution < -0.4 is 11.1 Å². The summed E-state index contributed by atoms with van der Waals surface area (Å²) in [6, 6.07) is 4.88. The molecule has 0 saturated carbocycles. The zero-order valence-corrected chi connectivity index (χ0v) is 16.6. The first-order chi connectivity index (χ1) is 14.7. The van der Waals surface area contributed by atoms with Crippen molar-refractivity contribution in [3.05, 3.63) is 69.9 Å². The van der Waals surface area contributed by atoms with Crippen molar-refractivity contribution < 1.29 is 18.0 Å². The molecule has 3 aromatic rings. The third-order valence-corrected chi connectivity index (χ3v) is 4.84. The van der Waals surface area contributed by atoms with Crippen molar-refractivity contribution in [3.8, 4) is 0 Å². The molecule has 160 valence electrons. The van der Waals surface area contributed by atoms with E-state index >= 15 is 0 Å². The van der Waals surface area contributed by atoms with Crippen LogP contribution in [0.4, 0.5) is 24.7 Å².